The number of unbranched alkanes of at least 4 members (excludes halogenated alkanes) is 16. The molecule has 0 rings (SSSR count). The van der Waals surface area contributed by atoms with Crippen molar-refractivity contribution in [1.82, 2.24) is 0 Å². The smallest absolute Gasteiger partial charge is 0.303 e. The second-order valence-electron chi connectivity index (χ2n) is 9.45. The van der Waals surface area contributed by atoms with Gasteiger partial charge in [0, 0.05) is 6.42 Å². The van der Waals surface area contributed by atoms with Crippen molar-refractivity contribution >= 4 is 5.97 Å². The molecule has 1 unspecified atom stereocenters. The van der Waals surface area contributed by atoms with Gasteiger partial charge < -0.3 is 10.2 Å². The fraction of sp³-hybridized carbons (Fsp3) is 0.828. The van der Waals surface area contributed by atoms with Crippen LogP contribution in [-0.2, 0) is 4.79 Å². The van der Waals surface area contributed by atoms with Gasteiger partial charge in [0.15, 0.2) is 0 Å². The van der Waals surface area contributed by atoms with Crippen molar-refractivity contribution < 1.29 is 15.0 Å². The van der Waals surface area contributed by atoms with Crippen LogP contribution in [-0.4, -0.2) is 22.3 Å². The number of aliphatic hydroxyl groups excluding tert-OH is 1. The Labute approximate surface area is 199 Å². The van der Waals surface area contributed by atoms with Crippen LogP contribution in [0.3, 0.4) is 0 Å². The van der Waals surface area contributed by atoms with E-state index in [0.29, 0.717) is 6.42 Å². The van der Waals surface area contributed by atoms with Crippen LogP contribution in [0.25, 0.3) is 0 Å². The van der Waals surface area contributed by atoms with Gasteiger partial charge >= 0.3 is 5.97 Å². The molecule has 0 aliphatic heterocycles. The molecule has 0 aromatic heterocycles. The number of allylic oxidation sites excluding steroid dienone is 3. The number of hydrogen-bond donors (Lipinski definition) is 2. The zero-order chi connectivity index (χ0) is 23.5. The van der Waals surface area contributed by atoms with Crippen molar-refractivity contribution in [2.75, 3.05) is 0 Å². The van der Waals surface area contributed by atoms with Gasteiger partial charge in [0.25, 0.3) is 0 Å². The molecule has 0 aliphatic carbocycles. The highest BCUT2D eigenvalue weighted by atomic mass is 16.4. The Balaban J connectivity index is 3.28. The highest BCUT2D eigenvalue weighted by Crippen LogP contribution is 2.14. The first-order valence-corrected chi connectivity index (χ1v) is 13.9. The molecule has 32 heavy (non-hydrogen) atoms. The van der Waals surface area contributed by atoms with Crippen LogP contribution in [0.15, 0.2) is 24.3 Å². The highest BCUT2D eigenvalue weighted by molar-refractivity contribution is 5.66. The summed E-state index contributed by atoms with van der Waals surface area (Å²) in [6.45, 7) is 2.26. The van der Waals surface area contributed by atoms with E-state index >= 15 is 0 Å². The van der Waals surface area contributed by atoms with Gasteiger partial charge in [-0.15, -0.1) is 0 Å². The molecule has 0 aromatic carbocycles. The largest absolute Gasteiger partial charge is 0.481 e. The normalized spacial score (nSPS) is 12.8. The molecule has 3 heteroatoms. The molecular formula is C29H54O3. The number of aliphatic hydroxyl groups is 1. The highest BCUT2D eigenvalue weighted by Gasteiger charge is 2.01. The predicted molar refractivity (Wildman–Crippen MR) is 139 cm³/mol. The molecule has 0 aliphatic rings. The van der Waals surface area contributed by atoms with Crippen LogP contribution < -0.4 is 0 Å². The first kappa shape index (κ1) is 30.9. The van der Waals surface area contributed by atoms with E-state index in [9.17, 15) is 9.90 Å². The lowest BCUT2D eigenvalue weighted by Crippen LogP contribution is -2.04. The topological polar surface area (TPSA) is 57.5 Å². The lowest BCUT2D eigenvalue weighted by molar-refractivity contribution is -0.137. The fourth-order valence-corrected chi connectivity index (χ4v) is 4.05. The van der Waals surface area contributed by atoms with Crippen LogP contribution >= 0.6 is 0 Å². The zero-order valence-corrected chi connectivity index (χ0v) is 21.2. The van der Waals surface area contributed by atoms with E-state index in [1.54, 1.807) is 0 Å². The molecule has 1 atom stereocenters. The molecule has 0 aromatic rings. The molecule has 0 radical (unpaired) electrons. The standard InChI is InChI=1S/C29H54O3/c1-2-3-4-5-6-7-10-13-16-19-22-25-28(30)26-23-20-17-14-11-8-9-12-15-18-21-24-27-29(31)32/h10,13,19,22,28,30H,2-9,11-12,14-18,20-21,23-27H2,1H3,(H,31,32). The maximum Gasteiger partial charge on any atom is 0.303 e. The molecule has 3 nitrogen and oxygen atoms in total. The minimum absolute atomic E-state index is 0.177. The number of rotatable bonds is 25. The maximum atomic E-state index is 10.4. The lowest BCUT2D eigenvalue weighted by atomic mass is 10.0. The van der Waals surface area contributed by atoms with Gasteiger partial charge in [0.2, 0.25) is 0 Å². The summed E-state index contributed by atoms with van der Waals surface area (Å²) in [5.41, 5.74) is 0. The van der Waals surface area contributed by atoms with E-state index in [0.717, 1.165) is 38.5 Å². The van der Waals surface area contributed by atoms with E-state index < -0.39 is 5.97 Å². The van der Waals surface area contributed by atoms with Gasteiger partial charge in [0.1, 0.15) is 0 Å². The lowest BCUT2D eigenvalue weighted by Gasteiger charge is -2.07. The molecule has 0 saturated carbocycles. The molecular weight excluding hydrogens is 396 g/mol. The van der Waals surface area contributed by atoms with Crippen molar-refractivity contribution in [2.45, 2.75) is 154 Å². The molecule has 0 spiro atoms. The van der Waals surface area contributed by atoms with Crippen molar-refractivity contribution in [1.29, 1.82) is 0 Å². The van der Waals surface area contributed by atoms with Gasteiger partial charge in [-0.05, 0) is 38.5 Å². The van der Waals surface area contributed by atoms with Crippen LogP contribution in [0.2, 0.25) is 0 Å². The van der Waals surface area contributed by atoms with Gasteiger partial charge in [0.05, 0.1) is 6.10 Å². The third-order valence-electron chi connectivity index (χ3n) is 6.17. The monoisotopic (exact) mass is 450 g/mol. The van der Waals surface area contributed by atoms with Crippen LogP contribution in [0.5, 0.6) is 0 Å². The minimum atomic E-state index is -0.668. The van der Waals surface area contributed by atoms with Crippen LogP contribution in [0.1, 0.15) is 148 Å². The van der Waals surface area contributed by atoms with Crippen molar-refractivity contribution in [2.24, 2.45) is 0 Å². The molecule has 188 valence electrons. The van der Waals surface area contributed by atoms with Gasteiger partial charge in [-0.1, -0.05) is 128 Å². The van der Waals surface area contributed by atoms with E-state index in [4.69, 9.17) is 5.11 Å². The van der Waals surface area contributed by atoms with Crippen molar-refractivity contribution in [3.8, 4) is 0 Å². The number of hydrogen-bond acceptors (Lipinski definition) is 2. The van der Waals surface area contributed by atoms with Gasteiger partial charge in [-0.3, -0.25) is 4.79 Å². The second kappa shape index (κ2) is 26.2. The Morgan fingerprint density at radius 3 is 1.75 bits per heavy atom. The van der Waals surface area contributed by atoms with Gasteiger partial charge in [-0.25, -0.2) is 0 Å². The Bertz CT molecular complexity index is 442. The van der Waals surface area contributed by atoms with Gasteiger partial charge in [-0.2, -0.15) is 0 Å². The van der Waals surface area contributed by atoms with Crippen LogP contribution in [0.4, 0.5) is 0 Å². The minimum Gasteiger partial charge on any atom is -0.481 e. The zero-order valence-electron chi connectivity index (χ0n) is 21.2. The molecule has 0 bridgehead atoms. The summed E-state index contributed by atoms with van der Waals surface area (Å²) < 4.78 is 0. The first-order chi connectivity index (χ1) is 15.7. The quantitative estimate of drug-likeness (QED) is 0.108. The Kier molecular flexibility index (Phi) is 25.3. The van der Waals surface area contributed by atoms with E-state index in [2.05, 4.69) is 31.2 Å². The summed E-state index contributed by atoms with van der Waals surface area (Å²) in [6.07, 6.45) is 34.3. The Morgan fingerprint density at radius 2 is 1.16 bits per heavy atom. The second-order valence-corrected chi connectivity index (χ2v) is 9.45. The number of aliphatic carboxylic acids is 1. The molecule has 0 heterocycles. The summed E-state index contributed by atoms with van der Waals surface area (Å²) in [4.78, 5) is 10.4. The molecule has 0 fully saturated rings. The first-order valence-electron chi connectivity index (χ1n) is 13.9. The van der Waals surface area contributed by atoms with Crippen LogP contribution in [0, 0.1) is 0 Å². The summed E-state index contributed by atoms with van der Waals surface area (Å²) >= 11 is 0. The predicted octanol–water partition coefficient (Wildman–Crippen LogP) is 9.15. The SMILES string of the molecule is CCCCCCCC=CCC=CCC(O)CCCCCCCCCCCCCCC(=O)O. The third kappa shape index (κ3) is 26.9. The molecule has 0 amide bonds. The number of carboxylic acid groups (broad SMARTS) is 1. The van der Waals surface area contributed by atoms with Crippen molar-refractivity contribution in [3.63, 3.8) is 0 Å². The molecule has 2 N–H and O–H groups in total. The third-order valence-corrected chi connectivity index (χ3v) is 6.17. The van der Waals surface area contributed by atoms with E-state index in [-0.39, 0.29) is 6.10 Å². The Hall–Kier alpha value is -1.09. The fourth-order valence-electron chi connectivity index (χ4n) is 4.05. The summed E-state index contributed by atoms with van der Waals surface area (Å²) in [5, 5.41) is 18.7. The summed E-state index contributed by atoms with van der Waals surface area (Å²) in [7, 11) is 0. The summed E-state index contributed by atoms with van der Waals surface area (Å²) in [6, 6.07) is 0. The number of carboxylic acids is 1. The average Bonchev–Trinajstić information content (AvgIpc) is 2.77. The average molecular weight is 451 g/mol. The van der Waals surface area contributed by atoms with E-state index in [1.807, 2.05) is 0 Å². The number of carbonyl (C=O) groups is 1. The maximum absolute atomic E-state index is 10.4. The van der Waals surface area contributed by atoms with Crippen molar-refractivity contribution in [3.05, 3.63) is 24.3 Å². The summed E-state index contributed by atoms with van der Waals surface area (Å²) in [5.74, 6) is -0.668. The molecule has 0 saturated heterocycles. The van der Waals surface area contributed by atoms with E-state index in [1.165, 1.54) is 96.3 Å². The Morgan fingerprint density at radius 1 is 0.656 bits per heavy atom.